The van der Waals surface area contributed by atoms with Crippen LogP contribution >= 0.6 is 0 Å². The fourth-order valence-electron chi connectivity index (χ4n) is 4.20. The first-order valence-corrected chi connectivity index (χ1v) is 12.1. The number of aryl methyl sites for hydroxylation is 2. The molecule has 2 aromatic heterocycles. The van der Waals surface area contributed by atoms with E-state index in [9.17, 15) is 18.0 Å². The maximum atomic E-state index is 12.7. The zero-order chi connectivity index (χ0) is 22.3. The van der Waals surface area contributed by atoms with E-state index in [1.165, 1.54) is 4.57 Å². The van der Waals surface area contributed by atoms with E-state index in [-0.39, 0.29) is 36.4 Å². The summed E-state index contributed by atoms with van der Waals surface area (Å²) in [6.45, 7) is 4.39. The van der Waals surface area contributed by atoms with Crippen LogP contribution in [0.15, 0.2) is 33.5 Å². The Labute approximate surface area is 180 Å². The molecule has 3 heterocycles. The number of para-hydroxylation sites is 2. The molecule has 0 spiro atoms. The fourth-order valence-corrected chi connectivity index (χ4v) is 5.89. The Balaban J connectivity index is 1.44. The van der Waals surface area contributed by atoms with Crippen LogP contribution in [0.25, 0.3) is 11.1 Å². The largest absolute Gasteiger partial charge is 0.419 e. The van der Waals surface area contributed by atoms with Crippen molar-refractivity contribution in [3.8, 4) is 0 Å². The van der Waals surface area contributed by atoms with E-state index < -0.39 is 15.6 Å². The van der Waals surface area contributed by atoms with Crippen molar-refractivity contribution >= 4 is 26.8 Å². The van der Waals surface area contributed by atoms with Crippen molar-refractivity contribution in [3.63, 3.8) is 0 Å². The third-order valence-corrected chi connectivity index (χ3v) is 7.72. The van der Waals surface area contributed by atoms with Gasteiger partial charge in [-0.05, 0) is 32.4 Å². The first kappa shape index (κ1) is 21.4. The van der Waals surface area contributed by atoms with Crippen molar-refractivity contribution < 1.29 is 17.6 Å². The number of sulfone groups is 1. The van der Waals surface area contributed by atoms with Gasteiger partial charge in [-0.3, -0.25) is 14.0 Å². The summed E-state index contributed by atoms with van der Waals surface area (Å²) in [5, 5.41) is 4.56. The second kappa shape index (κ2) is 7.99. The molecular formula is C21H26N4O5S. The predicted octanol–water partition coefficient (Wildman–Crippen LogP) is 1.82. The zero-order valence-corrected chi connectivity index (χ0v) is 18.7. The highest BCUT2D eigenvalue weighted by Gasteiger charge is 2.31. The maximum absolute atomic E-state index is 12.7. The Hall–Kier alpha value is -2.88. The van der Waals surface area contributed by atoms with Gasteiger partial charge in [0.15, 0.2) is 15.4 Å². The van der Waals surface area contributed by atoms with E-state index in [0.29, 0.717) is 24.1 Å². The Morgan fingerprint density at radius 1 is 1.29 bits per heavy atom. The summed E-state index contributed by atoms with van der Waals surface area (Å²) in [6, 6.07) is 6.97. The van der Waals surface area contributed by atoms with E-state index in [1.807, 2.05) is 19.9 Å². The fraction of sp³-hybridized carbons (Fsp3) is 0.476. The SMILES string of the molecule is Cc1nn([C@H]2CCS(=O)(=O)C2)c(C)c1CN(C)C(=O)CCn1c(=O)oc2ccccc21. The first-order chi connectivity index (χ1) is 14.7. The highest BCUT2D eigenvalue weighted by molar-refractivity contribution is 7.91. The number of amides is 1. The smallest absolute Gasteiger partial charge is 0.408 e. The van der Waals surface area contributed by atoms with Gasteiger partial charge >= 0.3 is 5.76 Å². The van der Waals surface area contributed by atoms with E-state index in [1.54, 1.807) is 34.8 Å². The summed E-state index contributed by atoms with van der Waals surface area (Å²) in [7, 11) is -1.29. The van der Waals surface area contributed by atoms with Gasteiger partial charge in [0.25, 0.3) is 0 Å². The van der Waals surface area contributed by atoms with Crippen LogP contribution in [0.2, 0.25) is 0 Å². The number of hydrogen-bond donors (Lipinski definition) is 0. The zero-order valence-electron chi connectivity index (χ0n) is 17.9. The van der Waals surface area contributed by atoms with Gasteiger partial charge in [-0.1, -0.05) is 12.1 Å². The second-order valence-electron chi connectivity index (χ2n) is 8.14. The van der Waals surface area contributed by atoms with Gasteiger partial charge in [0.1, 0.15) is 0 Å². The Morgan fingerprint density at radius 2 is 2.03 bits per heavy atom. The minimum absolute atomic E-state index is 0.104. The standard InChI is InChI=1S/C21H26N4O5S/c1-14-17(15(2)25(22-14)16-9-11-31(28,29)13-16)12-23(3)20(26)8-10-24-18-6-4-5-7-19(18)30-21(24)27/h4-7,16H,8-13H2,1-3H3/t16-/m0/s1. The molecule has 3 aromatic rings. The maximum Gasteiger partial charge on any atom is 0.419 e. The third kappa shape index (κ3) is 4.16. The van der Waals surface area contributed by atoms with Gasteiger partial charge in [-0.2, -0.15) is 5.10 Å². The van der Waals surface area contributed by atoms with Crippen LogP contribution in [-0.2, 0) is 27.7 Å². The molecule has 0 aliphatic carbocycles. The Kier molecular flexibility index (Phi) is 5.50. The summed E-state index contributed by atoms with van der Waals surface area (Å²) < 4.78 is 32.1. The molecule has 31 heavy (non-hydrogen) atoms. The van der Waals surface area contributed by atoms with Crippen LogP contribution in [-0.4, -0.2) is 52.1 Å². The number of fused-ring (bicyclic) bond motifs is 1. The predicted molar refractivity (Wildman–Crippen MR) is 116 cm³/mol. The Bertz CT molecular complexity index is 1300. The summed E-state index contributed by atoms with van der Waals surface area (Å²) in [5.41, 5.74) is 3.77. The molecular weight excluding hydrogens is 420 g/mol. The third-order valence-electron chi connectivity index (χ3n) is 5.97. The van der Waals surface area contributed by atoms with E-state index in [2.05, 4.69) is 5.10 Å². The van der Waals surface area contributed by atoms with E-state index in [4.69, 9.17) is 4.42 Å². The molecule has 166 valence electrons. The quantitative estimate of drug-likeness (QED) is 0.572. The van der Waals surface area contributed by atoms with Crippen LogP contribution in [0.1, 0.15) is 35.8 Å². The lowest BCUT2D eigenvalue weighted by Crippen LogP contribution is -2.28. The molecule has 1 aliphatic heterocycles. The molecule has 1 aliphatic rings. The lowest BCUT2D eigenvalue weighted by molar-refractivity contribution is -0.130. The van der Waals surface area contributed by atoms with Crippen LogP contribution in [0.4, 0.5) is 0 Å². The lowest BCUT2D eigenvalue weighted by Gasteiger charge is -2.18. The molecule has 0 saturated carbocycles. The molecule has 0 bridgehead atoms. The molecule has 1 amide bonds. The lowest BCUT2D eigenvalue weighted by atomic mass is 10.1. The number of carbonyl (C=O) groups is 1. The normalized spacial score (nSPS) is 18.0. The number of rotatable bonds is 6. The Morgan fingerprint density at radius 3 is 2.74 bits per heavy atom. The van der Waals surface area contributed by atoms with Crippen molar-refractivity contribution in [3.05, 3.63) is 51.8 Å². The molecule has 0 N–H and O–H groups in total. The van der Waals surface area contributed by atoms with Crippen LogP contribution in [0.5, 0.6) is 0 Å². The summed E-state index contributed by atoms with van der Waals surface area (Å²) in [6.07, 6.45) is 0.721. The molecule has 1 aromatic carbocycles. The number of carbonyl (C=O) groups excluding carboxylic acids is 1. The number of oxazole rings is 1. The number of nitrogens with zero attached hydrogens (tertiary/aromatic N) is 4. The second-order valence-corrected chi connectivity index (χ2v) is 10.4. The molecule has 1 atom stereocenters. The highest BCUT2D eigenvalue weighted by atomic mass is 32.2. The van der Waals surface area contributed by atoms with Crippen molar-refractivity contribution in [2.45, 2.75) is 45.8 Å². The van der Waals surface area contributed by atoms with Gasteiger partial charge in [0.05, 0.1) is 28.8 Å². The minimum Gasteiger partial charge on any atom is -0.408 e. The van der Waals surface area contributed by atoms with Crippen LogP contribution in [0, 0.1) is 13.8 Å². The van der Waals surface area contributed by atoms with Gasteiger partial charge in [-0.15, -0.1) is 0 Å². The van der Waals surface area contributed by atoms with Gasteiger partial charge in [0, 0.05) is 37.8 Å². The van der Waals surface area contributed by atoms with E-state index in [0.717, 1.165) is 17.0 Å². The average molecular weight is 447 g/mol. The molecule has 1 saturated heterocycles. The molecule has 9 nitrogen and oxygen atoms in total. The summed E-state index contributed by atoms with van der Waals surface area (Å²) in [4.78, 5) is 26.4. The summed E-state index contributed by atoms with van der Waals surface area (Å²) >= 11 is 0. The van der Waals surface area contributed by atoms with Gasteiger partial charge in [0.2, 0.25) is 5.91 Å². The first-order valence-electron chi connectivity index (χ1n) is 10.2. The monoisotopic (exact) mass is 446 g/mol. The molecule has 0 radical (unpaired) electrons. The topological polar surface area (TPSA) is 107 Å². The van der Waals surface area contributed by atoms with Crippen LogP contribution < -0.4 is 5.76 Å². The van der Waals surface area contributed by atoms with Crippen molar-refractivity contribution in [1.82, 2.24) is 19.2 Å². The number of benzene rings is 1. The minimum atomic E-state index is -3.01. The van der Waals surface area contributed by atoms with E-state index >= 15 is 0 Å². The van der Waals surface area contributed by atoms with Gasteiger partial charge in [-0.25, -0.2) is 13.2 Å². The highest BCUT2D eigenvalue weighted by Crippen LogP contribution is 2.27. The molecule has 1 fully saturated rings. The average Bonchev–Trinajstić information content (AvgIpc) is 3.33. The molecule has 0 unspecified atom stereocenters. The van der Waals surface area contributed by atoms with Crippen molar-refractivity contribution in [1.29, 1.82) is 0 Å². The number of aromatic nitrogens is 3. The van der Waals surface area contributed by atoms with Crippen molar-refractivity contribution in [2.75, 3.05) is 18.6 Å². The molecule has 4 rings (SSSR count). The summed E-state index contributed by atoms with van der Waals surface area (Å²) in [5.74, 6) is -0.286. The number of hydrogen-bond acceptors (Lipinski definition) is 6. The van der Waals surface area contributed by atoms with Gasteiger partial charge < -0.3 is 9.32 Å². The van der Waals surface area contributed by atoms with Crippen molar-refractivity contribution in [2.24, 2.45) is 0 Å². The van der Waals surface area contributed by atoms with Crippen LogP contribution in [0.3, 0.4) is 0 Å². The molecule has 10 heteroatoms.